The van der Waals surface area contributed by atoms with Crippen molar-refractivity contribution in [2.24, 2.45) is 0 Å². The minimum absolute atomic E-state index is 0.0194. The van der Waals surface area contributed by atoms with Crippen LogP contribution in [-0.4, -0.2) is 21.1 Å². The van der Waals surface area contributed by atoms with Gasteiger partial charge in [-0.3, -0.25) is 4.79 Å². The normalized spacial score (nSPS) is 16.0. The van der Waals surface area contributed by atoms with Gasteiger partial charge in [0.25, 0.3) is 0 Å². The Balaban J connectivity index is 1.88. The van der Waals surface area contributed by atoms with Gasteiger partial charge in [-0.1, -0.05) is 29.4 Å². The Labute approximate surface area is 177 Å². The van der Waals surface area contributed by atoms with Crippen molar-refractivity contribution in [3.63, 3.8) is 0 Å². The molecule has 0 aromatic heterocycles. The van der Waals surface area contributed by atoms with Gasteiger partial charge in [0.15, 0.2) is 17.3 Å². The van der Waals surface area contributed by atoms with Crippen LogP contribution < -0.4 is 4.74 Å². The van der Waals surface area contributed by atoms with Crippen molar-refractivity contribution in [2.45, 2.75) is 52.6 Å². The lowest BCUT2D eigenvalue weighted by Crippen LogP contribution is -2.21. The van der Waals surface area contributed by atoms with E-state index >= 15 is 0 Å². The Hall–Kier alpha value is -3.21. The third-order valence-corrected chi connectivity index (χ3v) is 5.30. The molecule has 3 rings (SSSR count). The summed E-state index contributed by atoms with van der Waals surface area (Å²) in [5, 5.41) is 30.3. The maximum absolute atomic E-state index is 12.6. The number of allylic oxidation sites excluding steroid dienone is 4. The van der Waals surface area contributed by atoms with Gasteiger partial charge in [0.1, 0.15) is 17.6 Å². The number of carbonyl (C=O) groups is 1. The first-order valence-electron chi connectivity index (χ1n) is 10.1. The Morgan fingerprint density at radius 1 is 1.10 bits per heavy atom. The quantitative estimate of drug-likeness (QED) is 0.419. The third kappa shape index (κ3) is 4.85. The van der Waals surface area contributed by atoms with Crippen molar-refractivity contribution >= 4 is 5.78 Å². The van der Waals surface area contributed by atoms with Crippen LogP contribution in [0.3, 0.4) is 0 Å². The van der Waals surface area contributed by atoms with E-state index in [1.807, 2.05) is 13.0 Å². The lowest BCUT2D eigenvalue weighted by molar-refractivity contribution is 0.0848. The molecular weight excluding hydrogens is 380 g/mol. The molecule has 1 aliphatic heterocycles. The predicted molar refractivity (Wildman–Crippen MR) is 116 cm³/mol. The van der Waals surface area contributed by atoms with Gasteiger partial charge in [-0.15, -0.1) is 0 Å². The summed E-state index contributed by atoms with van der Waals surface area (Å²) in [4.78, 5) is 12.6. The highest BCUT2D eigenvalue weighted by atomic mass is 16.5. The molecule has 0 radical (unpaired) electrons. The number of benzene rings is 2. The largest absolute Gasteiger partial charge is 0.508 e. The average molecular weight is 408 g/mol. The van der Waals surface area contributed by atoms with Crippen molar-refractivity contribution in [3.05, 3.63) is 70.3 Å². The molecule has 3 N–H and O–H groups in total. The fourth-order valence-corrected chi connectivity index (χ4v) is 3.61. The Morgan fingerprint density at radius 2 is 1.87 bits per heavy atom. The van der Waals surface area contributed by atoms with E-state index in [-0.39, 0.29) is 29.5 Å². The van der Waals surface area contributed by atoms with Gasteiger partial charge in [-0.25, -0.2) is 0 Å². The standard InChI is InChI=1S/C25H28O5/c1-15(2)5-4-6-16(3)7-9-19-18(11-12-21(27)25(19)29)24-14-22(28)20-10-8-17(26)13-23(20)30-24/h5,7-8,10-13,24,26-27,29H,4,6,9,14H2,1-3H3/b16-7+/t24-/m0/s1. The molecule has 1 heterocycles. The van der Waals surface area contributed by atoms with Crippen molar-refractivity contribution in [1.82, 2.24) is 0 Å². The summed E-state index contributed by atoms with van der Waals surface area (Å²) >= 11 is 0. The number of hydrogen-bond acceptors (Lipinski definition) is 5. The maximum atomic E-state index is 12.6. The van der Waals surface area contributed by atoms with E-state index in [1.54, 1.807) is 12.1 Å². The molecule has 0 saturated heterocycles. The highest BCUT2D eigenvalue weighted by Crippen LogP contribution is 2.41. The van der Waals surface area contributed by atoms with Gasteiger partial charge in [0, 0.05) is 17.2 Å². The molecule has 30 heavy (non-hydrogen) atoms. The molecule has 5 heteroatoms. The van der Waals surface area contributed by atoms with Crippen LogP contribution in [0.25, 0.3) is 0 Å². The van der Waals surface area contributed by atoms with Gasteiger partial charge >= 0.3 is 0 Å². The van der Waals surface area contributed by atoms with E-state index in [9.17, 15) is 20.1 Å². The first-order valence-corrected chi connectivity index (χ1v) is 10.1. The van der Waals surface area contributed by atoms with Crippen molar-refractivity contribution in [1.29, 1.82) is 0 Å². The molecule has 0 bridgehead atoms. The van der Waals surface area contributed by atoms with Crippen LogP contribution in [0, 0.1) is 0 Å². The van der Waals surface area contributed by atoms with Crippen LogP contribution in [0.15, 0.2) is 53.6 Å². The smallest absolute Gasteiger partial charge is 0.170 e. The van der Waals surface area contributed by atoms with Crippen molar-refractivity contribution in [2.75, 3.05) is 0 Å². The molecule has 2 aromatic rings. The molecule has 0 amide bonds. The van der Waals surface area contributed by atoms with Gasteiger partial charge in [-0.2, -0.15) is 0 Å². The number of aromatic hydroxyl groups is 3. The van der Waals surface area contributed by atoms with Crippen molar-refractivity contribution in [3.8, 4) is 23.0 Å². The summed E-state index contributed by atoms with van der Waals surface area (Å²) in [6, 6.07) is 7.53. The summed E-state index contributed by atoms with van der Waals surface area (Å²) in [6.45, 7) is 6.18. The molecule has 0 aliphatic carbocycles. The highest BCUT2D eigenvalue weighted by Gasteiger charge is 2.30. The average Bonchev–Trinajstić information content (AvgIpc) is 2.68. The lowest BCUT2D eigenvalue weighted by Gasteiger charge is -2.27. The van der Waals surface area contributed by atoms with E-state index in [1.165, 1.54) is 29.3 Å². The number of phenols is 3. The maximum Gasteiger partial charge on any atom is 0.170 e. The van der Waals surface area contributed by atoms with E-state index in [4.69, 9.17) is 4.74 Å². The molecule has 1 atom stereocenters. The zero-order valence-electron chi connectivity index (χ0n) is 17.6. The number of ketones is 1. The minimum Gasteiger partial charge on any atom is -0.508 e. The Kier molecular flexibility index (Phi) is 6.50. The number of ether oxygens (including phenoxy) is 1. The number of hydrogen-bond donors (Lipinski definition) is 3. The Bertz CT molecular complexity index is 1010. The van der Waals surface area contributed by atoms with Gasteiger partial charge in [0.2, 0.25) is 0 Å². The van der Waals surface area contributed by atoms with Crippen LogP contribution in [0.4, 0.5) is 0 Å². The SMILES string of the molecule is CC(C)=CCC/C(C)=C/Cc1c([C@@H]2CC(=O)c3ccc(O)cc3O2)ccc(O)c1O. The first kappa shape index (κ1) is 21.5. The molecule has 5 nitrogen and oxygen atoms in total. The van der Waals surface area contributed by atoms with Crippen LogP contribution >= 0.6 is 0 Å². The summed E-state index contributed by atoms with van der Waals surface area (Å²) in [5.41, 5.74) is 4.08. The zero-order valence-corrected chi connectivity index (χ0v) is 17.6. The third-order valence-electron chi connectivity index (χ3n) is 5.30. The summed E-state index contributed by atoms with van der Waals surface area (Å²) in [7, 11) is 0. The van der Waals surface area contributed by atoms with Crippen LogP contribution in [0.5, 0.6) is 23.0 Å². The van der Waals surface area contributed by atoms with Gasteiger partial charge < -0.3 is 20.1 Å². The molecule has 0 saturated carbocycles. The Morgan fingerprint density at radius 3 is 2.60 bits per heavy atom. The topological polar surface area (TPSA) is 87.0 Å². The van der Waals surface area contributed by atoms with Crippen LogP contribution in [0.1, 0.15) is 67.6 Å². The highest BCUT2D eigenvalue weighted by molar-refractivity contribution is 6.00. The van der Waals surface area contributed by atoms with Gasteiger partial charge in [-0.05, 0) is 58.2 Å². The van der Waals surface area contributed by atoms with E-state index in [0.29, 0.717) is 28.9 Å². The molecule has 1 aliphatic rings. The molecule has 0 spiro atoms. The van der Waals surface area contributed by atoms with E-state index in [0.717, 1.165) is 12.8 Å². The van der Waals surface area contributed by atoms with E-state index < -0.39 is 6.10 Å². The minimum atomic E-state index is -0.604. The molecule has 2 aromatic carbocycles. The molecule has 0 unspecified atom stereocenters. The van der Waals surface area contributed by atoms with Crippen LogP contribution in [-0.2, 0) is 6.42 Å². The molecule has 0 fully saturated rings. The number of phenolic OH excluding ortho intramolecular Hbond substituents is 3. The lowest BCUT2D eigenvalue weighted by atomic mass is 9.91. The number of Topliss-reactive ketones (excluding diaryl/α,β-unsaturated/α-hetero) is 1. The second-order valence-electron chi connectivity index (χ2n) is 7.99. The summed E-state index contributed by atoms with van der Waals surface area (Å²) in [5.74, 6) is -0.148. The molecular formula is C25H28O5. The van der Waals surface area contributed by atoms with Gasteiger partial charge in [0.05, 0.1) is 12.0 Å². The van der Waals surface area contributed by atoms with Crippen LogP contribution in [0.2, 0.25) is 0 Å². The number of rotatable bonds is 6. The fraction of sp³-hybridized carbons (Fsp3) is 0.320. The fourth-order valence-electron chi connectivity index (χ4n) is 3.61. The first-order chi connectivity index (χ1) is 14.3. The number of fused-ring (bicyclic) bond motifs is 1. The second-order valence-corrected chi connectivity index (χ2v) is 7.99. The zero-order chi connectivity index (χ0) is 21.8. The summed E-state index contributed by atoms with van der Waals surface area (Å²) in [6.07, 6.45) is 6.00. The monoisotopic (exact) mass is 408 g/mol. The van der Waals surface area contributed by atoms with Crippen molar-refractivity contribution < 1.29 is 24.9 Å². The number of carbonyl (C=O) groups excluding carboxylic acids is 1. The second kappa shape index (κ2) is 9.08. The summed E-state index contributed by atoms with van der Waals surface area (Å²) < 4.78 is 6.00. The molecule has 158 valence electrons. The van der Waals surface area contributed by atoms with E-state index in [2.05, 4.69) is 19.9 Å². The predicted octanol–water partition coefficient (Wildman–Crippen LogP) is 5.75.